The first-order valence-corrected chi connectivity index (χ1v) is 2.49. The van der Waals surface area contributed by atoms with E-state index >= 15 is 0 Å². The van der Waals surface area contributed by atoms with Crippen LogP contribution in [0.4, 0.5) is 0 Å². The van der Waals surface area contributed by atoms with Gasteiger partial charge in [0.1, 0.15) is 0 Å². The molecule has 1 rings (SSSR count). The molecular weight excluding hydrogens is 83.0 g/mol. The van der Waals surface area contributed by atoms with Crippen molar-refractivity contribution >= 4 is 8.73 Å². The molecule has 1 aliphatic rings. The van der Waals surface area contributed by atoms with Crippen LogP contribution in [0, 0.1) is 0 Å². The summed E-state index contributed by atoms with van der Waals surface area (Å²) in [4.78, 5) is 0. The lowest BCUT2D eigenvalue weighted by atomic mass is 11.1. The molecule has 2 N–H and O–H groups in total. The predicted octanol–water partition coefficient (Wildman–Crippen LogP) is 0.159. The van der Waals surface area contributed by atoms with Crippen molar-refractivity contribution in [3.8, 4) is 0 Å². The van der Waals surface area contributed by atoms with Crippen LogP contribution in [-0.4, -0.2) is 0 Å². The Morgan fingerprint density at radius 3 is 2.80 bits per heavy atom. The quantitative estimate of drug-likeness (QED) is 0.412. The van der Waals surface area contributed by atoms with Gasteiger partial charge < -0.3 is 5.43 Å². The van der Waals surface area contributed by atoms with Gasteiger partial charge in [-0.05, 0) is 14.5 Å². The molecule has 0 bridgehead atoms. The molecule has 28 valence electrons. The Balaban J connectivity index is 2.32. The van der Waals surface area contributed by atoms with E-state index in [0.717, 1.165) is 8.73 Å². The van der Waals surface area contributed by atoms with E-state index in [-0.39, 0.29) is 0 Å². The average Bonchev–Trinajstić information content (AvgIpc) is 1.76. The van der Waals surface area contributed by atoms with Gasteiger partial charge in [0.2, 0.25) is 0 Å². The van der Waals surface area contributed by atoms with E-state index in [9.17, 15) is 0 Å². The summed E-state index contributed by atoms with van der Waals surface area (Å²) < 4.78 is 0. The lowest BCUT2D eigenvalue weighted by Crippen LogP contribution is -2.10. The lowest BCUT2D eigenvalue weighted by molar-refractivity contribution is 0.890. The maximum atomic E-state index is 2.89. The van der Waals surface area contributed by atoms with Gasteiger partial charge in [0.15, 0.2) is 0 Å². The minimum Gasteiger partial charge on any atom is -0.325 e. The van der Waals surface area contributed by atoms with Gasteiger partial charge in [-0.2, -0.15) is 0 Å². The number of hydrazine groups is 1. The standard InChI is InChI=1S/C2H5N2P/c1-2-5-4-3-1/h1-5H. The molecule has 5 heavy (non-hydrogen) atoms. The van der Waals surface area contributed by atoms with E-state index in [1.807, 2.05) is 12.0 Å². The molecular formula is C2H5N2P. The van der Waals surface area contributed by atoms with E-state index in [1.54, 1.807) is 0 Å². The van der Waals surface area contributed by atoms with Crippen LogP contribution >= 0.6 is 8.73 Å². The number of nitrogens with one attached hydrogen (secondary N) is 2. The second-order valence-electron chi connectivity index (χ2n) is 0.747. The van der Waals surface area contributed by atoms with Gasteiger partial charge in [0.05, 0.1) is 0 Å². The molecule has 0 aliphatic carbocycles. The summed E-state index contributed by atoms with van der Waals surface area (Å²) in [5.74, 6) is 2.04. The monoisotopic (exact) mass is 88.0 g/mol. The van der Waals surface area contributed by atoms with Crippen molar-refractivity contribution in [2.75, 3.05) is 0 Å². The Morgan fingerprint density at radius 2 is 2.60 bits per heavy atom. The third kappa shape index (κ3) is 0.602. The van der Waals surface area contributed by atoms with Gasteiger partial charge >= 0.3 is 0 Å². The molecule has 3 heteroatoms. The summed E-state index contributed by atoms with van der Waals surface area (Å²) >= 11 is 0. The highest BCUT2D eigenvalue weighted by molar-refractivity contribution is 7.39. The number of rotatable bonds is 0. The van der Waals surface area contributed by atoms with Crippen LogP contribution in [0.2, 0.25) is 0 Å². The summed E-state index contributed by atoms with van der Waals surface area (Å²) in [5, 5.41) is 2.89. The zero-order valence-electron chi connectivity index (χ0n) is 2.65. The number of hydrogen-bond donors (Lipinski definition) is 2. The predicted molar refractivity (Wildman–Crippen MR) is 23.7 cm³/mol. The molecule has 0 amide bonds. The highest BCUT2D eigenvalue weighted by Gasteiger charge is 1.78. The Bertz CT molecular complexity index is 45.6. The van der Waals surface area contributed by atoms with Crippen molar-refractivity contribution in [3.05, 3.63) is 12.0 Å². The van der Waals surface area contributed by atoms with Crippen molar-refractivity contribution in [1.82, 2.24) is 10.6 Å². The first-order valence-electron chi connectivity index (χ1n) is 1.41. The molecule has 2 nitrogen and oxygen atoms in total. The minimum atomic E-state index is 0.767. The van der Waals surface area contributed by atoms with Gasteiger partial charge in [-0.25, -0.2) is 5.20 Å². The summed E-state index contributed by atoms with van der Waals surface area (Å²) in [6.07, 6.45) is 1.89. The summed E-state index contributed by atoms with van der Waals surface area (Å²) in [6, 6.07) is 0. The fourth-order valence-corrected chi connectivity index (χ4v) is 0.625. The Labute approximate surface area is 32.4 Å². The van der Waals surface area contributed by atoms with Crippen LogP contribution in [0.25, 0.3) is 0 Å². The van der Waals surface area contributed by atoms with Gasteiger partial charge in [-0.3, -0.25) is 0 Å². The van der Waals surface area contributed by atoms with Gasteiger partial charge in [0.25, 0.3) is 0 Å². The first-order chi connectivity index (χ1) is 2.50. The maximum Gasteiger partial charge on any atom is 0.0144 e. The van der Waals surface area contributed by atoms with E-state index in [1.165, 1.54) is 0 Å². The largest absolute Gasteiger partial charge is 0.325 e. The zero-order chi connectivity index (χ0) is 3.54. The van der Waals surface area contributed by atoms with Crippen LogP contribution in [0.1, 0.15) is 0 Å². The molecule has 0 aromatic heterocycles. The highest BCUT2D eigenvalue weighted by atomic mass is 31.1. The second kappa shape index (κ2) is 1.39. The minimum absolute atomic E-state index is 0.767. The molecule has 1 heterocycles. The molecule has 0 aromatic rings. The van der Waals surface area contributed by atoms with Crippen molar-refractivity contribution in [2.24, 2.45) is 0 Å². The zero-order valence-corrected chi connectivity index (χ0v) is 3.65. The average molecular weight is 88.0 g/mol. The molecule has 0 radical (unpaired) electrons. The molecule has 0 fully saturated rings. The van der Waals surface area contributed by atoms with Gasteiger partial charge in [-0.1, -0.05) is 0 Å². The summed E-state index contributed by atoms with van der Waals surface area (Å²) in [7, 11) is 0.767. The molecule has 0 saturated heterocycles. The molecule has 0 saturated carbocycles. The smallest absolute Gasteiger partial charge is 0.0144 e. The molecule has 0 aromatic carbocycles. The SMILES string of the molecule is C1=CPNN1. The Hall–Kier alpha value is -0.0700. The van der Waals surface area contributed by atoms with Crippen LogP contribution in [0.5, 0.6) is 0 Å². The van der Waals surface area contributed by atoms with Crippen LogP contribution < -0.4 is 10.6 Å². The van der Waals surface area contributed by atoms with Crippen molar-refractivity contribution in [1.29, 1.82) is 0 Å². The molecule has 1 unspecified atom stereocenters. The third-order valence-corrected chi connectivity index (χ3v) is 1.02. The second-order valence-corrected chi connectivity index (χ2v) is 1.62. The van der Waals surface area contributed by atoms with E-state index in [0.29, 0.717) is 0 Å². The van der Waals surface area contributed by atoms with Gasteiger partial charge in [-0.15, -0.1) is 0 Å². The van der Waals surface area contributed by atoms with Crippen molar-refractivity contribution in [3.63, 3.8) is 0 Å². The molecule has 0 spiro atoms. The third-order valence-electron chi connectivity index (χ3n) is 0.394. The van der Waals surface area contributed by atoms with Gasteiger partial charge in [0, 0.05) is 6.20 Å². The van der Waals surface area contributed by atoms with Crippen LogP contribution in [-0.2, 0) is 0 Å². The van der Waals surface area contributed by atoms with Crippen LogP contribution in [0.3, 0.4) is 0 Å². The Kier molecular flexibility index (Phi) is 0.870. The molecule has 1 aliphatic heterocycles. The van der Waals surface area contributed by atoms with E-state index in [4.69, 9.17) is 0 Å². The highest BCUT2D eigenvalue weighted by Crippen LogP contribution is 2.04. The summed E-state index contributed by atoms with van der Waals surface area (Å²) in [6.45, 7) is 0. The first kappa shape index (κ1) is 3.13. The van der Waals surface area contributed by atoms with Crippen LogP contribution in [0.15, 0.2) is 12.0 Å². The summed E-state index contributed by atoms with van der Waals surface area (Å²) in [5.41, 5.74) is 2.80. The number of hydrogen-bond acceptors (Lipinski definition) is 2. The topological polar surface area (TPSA) is 24.1 Å². The molecule has 1 atom stereocenters. The maximum absolute atomic E-state index is 2.89. The van der Waals surface area contributed by atoms with E-state index in [2.05, 4.69) is 10.6 Å². The van der Waals surface area contributed by atoms with E-state index < -0.39 is 0 Å². The lowest BCUT2D eigenvalue weighted by Gasteiger charge is -1.83. The fraction of sp³-hybridized carbons (Fsp3) is 0. The van der Waals surface area contributed by atoms with Crippen molar-refractivity contribution < 1.29 is 0 Å². The Morgan fingerprint density at radius 1 is 1.60 bits per heavy atom. The van der Waals surface area contributed by atoms with Crippen molar-refractivity contribution in [2.45, 2.75) is 0 Å². The normalized spacial score (nSPS) is 24.0. The fourth-order valence-electron chi connectivity index (χ4n) is 0.208.